The summed E-state index contributed by atoms with van der Waals surface area (Å²) in [4.78, 5) is 72.4. The van der Waals surface area contributed by atoms with Crippen molar-refractivity contribution in [1.29, 1.82) is 0 Å². The maximum absolute atomic E-state index is 13.0. The fourth-order valence-corrected chi connectivity index (χ4v) is 12.2. The molecule has 0 aliphatic heterocycles. The van der Waals surface area contributed by atoms with Gasteiger partial charge in [-0.05, 0) is 31.6 Å². The van der Waals surface area contributed by atoms with E-state index in [1.165, 1.54) is 173 Å². The van der Waals surface area contributed by atoms with Gasteiger partial charge in [-0.15, -0.1) is 0 Å². The molecule has 0 amide bonds. The summed E-state index contributed by atoms with van der Waals surface area (Å²) in [7, 11) is -9.89. The van der Waals surface area contributed by atoms with Crippen LogP contribution in [0, 0.1) is 5.92 Å². The lowest BCUT2D eigenvalue weighted by Gasteiger charge is -2.21. The van der Waals surface area contributed by atoms with Gasteiger partial charge in [0.15, 0.2) is 12.2 Å². The van der Waals surface area contributed by atoms with Gasteiger partial charge in [-0.25, -0.2) is 9.13 Å². The Morgan fingerprint density at radius 3 is 0.764 bits per heavy atom. The van der Waals surface area contributed by atoms with Crippen LogP contribution in [0.3, 0.4) is 0 Å². The van der Waals surface area contributed by atoms with Crippen LogP contribution in [0.4, 0.5) is 0 Å². The number of esters is 4. The smallest absolute Gasteiger partial charge is 0.462 e. The van der Waals surface area contributed by atoms with Crippen molar-refractivity contribution >= 4 is 39.5 Å². The van der Waals surface area contributed by atoms with Gasteiger partial charge < -0.3 is 33.8 Å². The molecule has 0 saturated heterocycles. The summed E-state index contributed by atoms with van der Waals surface area (Å²) in [6, 6.07) is 0. The molecule has 0 aromatic rings. The number of carbonyl (C=O) groups excluding carboxylic acids is 4. The molecule has 0 aromatic heterocycles. The van der Waals surface area contributed by atoms with E-state index >= 15 is 0 Å². The maximum Gasteiger partial charge on any atom is 0.472 e. The third kappa shape index (κ3) is 64.6. The standard InChI is InChI=1S/C70H136O17P2/c1-6-9-12-15-18-20-22-23-24-25-26-32-36-41-46-51-56-70(75)87-66(60-81-68(73)54-49-44-39-34-31-28-27-30-33-38-42-47-52-63(4)5)62-85-89(78,79)83-58-64(71)57-82-88(76,77)84-61-65(59-80-67(72)53-48-43-37-17-14-11-8-3)86-69(74)55-50-45-40-35-29-21-19-16-13-10-7-2/h63-66,71H,6-62H2,1-5H3,(H,76,77)(H,78,79)/t64-,65+,66+/m0/s1. The number of ether oxygens (including phenoxy) is 4. The van der Waals surface area contributed by atoms with E-state index in [-0.39, 0.29) is 25.7 Å². The van der Waals surface area contributed by atoms with Gasteiger partial charge in [-0.3, -0.25) is 37.3 Å². The first-order chi connectivity index (χ1) is 43.0. The van der Waals surface area contributed by atoms with E-state index < -0.39 is 97.5 Å². The summed E-state index contributed by atoms with van der Waals surface area (Å²) in [5, 5.41) is 10.6. The van der Waals surface area contributed by atoms with Crippen LogP contribution < -0.4 is 0 Å². The zero-order valence-electron chi connectivity index (χ0n) is 57.6. The van der Waals surface area contributed by atoms with Gasteiger partial charge in [0.25, 0.3) is 0 Å². The summed E-state index contributed by atoms with van der Waals surface area (Å²) in [5.41, 5.74) is 0. The van der Waals surface area contributed by atoms with Gasteiger partial charge in [0.1, 0.15) is 19.3 Å². The minimum atomic E-state index is -4.95. The van der Waals surface area contributed by atoms with E-state index in [2.05, 4.69) is 34.6 Å². The van der Waals surface area contributed by atoms with Crippen molar-refractivity contribution in [3.05, 3.63) is 0 Å². The van der Waals surface area contributed by atoms with Crippen molar-refractivity contribution in [3.63, 3.8) is 0 Å². The highest BCUT2D eigenvalue weighted by Crippen LogP contribution is 2.45. The monoisotopic (exact) mass is 1310 g/mol. The quantitative estimate of drug-likeness (QED) is 0.0222. The lowest BCUT2D eigenvalue weighted by Crippen LogP contribution is -2.30. The summed E-state index contributed by atoms with van der Waals surface area (Å²) in [6.07, 6.45) is 50.0. The van der Waals surface area contributed by atoms with Gasteiger partial charge in [-0.1, -0.05) is 311 Å². The van der Waals surface area contributed by atoms with Crippen LogP contribution in [0.1, 0.15) is 362 Å². The van der Waals surface area contributed by atoms with E-state index in [0.29, 0.717) is 25.7 Å². The summed E-state index contributed by atoms with van der Waals surface area (Å²) >= 11 is 0. The third-order valence-electron chi connectivity index (χ3n) is 16.3. The second-order valence-electron chi connectivity index (χ2n) is 25.7. The normalized spacial score (nSPS) is 14.1. The topological polar surface area (TPSA) is 237 Å². The van der Waals surface area contributed by atoms with Crippen molar-refractivity contribution in [2.75, 3.05) is 39.6 Å². The van der Waals surface area contributed by atoms with Crippen LogP contribution in [-0.4, -0.2) is 96.7 Å². The largest absolute Gasteiger partial charge is 0.472 e. The molecule has 17 nitrogen and oxygen atoms in total. The first-order valence-electron chi connectivity index (χ1n) is 36.6. The molecule has 0 aliphatic carbocycles. The van der Waals surface area contributed by atoms with Crippen LogP contribution in [0.15, 0.2) is 0 Å². The molecule has 2 unspecified atom stereocenters. The molecule has 89 heavy (non-hydrogen) atoms. The van der Waals surface area contributed by atoms with Gasteiger partial charge in [0, 0.05) is 25.7 Å². The van der Waals surface area contributed by atoms with E-state index in [9.17, 15) is 43.2 Å². The number of aliphatic hydroxyl groups excluding tert-OH is 1. The Morgan fingerprint density at radius 1 is 0.303 bits per heavy atom. The Bertz CT molecular complexity index is 1720. The SMILES string of the molecule is CCCCCCCCCCCCCCCCCCC(=O)O[C@H](COC(=O)CCCCCCCCCCCCCCC(C)C)COP(=O)(O)OC[C@@H](O)COP(=O)(O)OC[C@@H](COC(=O)CCCCCCCCC)OC(=O)CCCCCCCCCCCCC. The number of phosphoric acid groups is 2. The molecule has 0 spiro atoms. The first kappa shape index (κ1) is 87.1. The molecule has 0 bridgehead atoms. The molecule has 0 aliphatic rings. The van der Waals surface area contributed by atoms with Crippen LogP contribution in [0.25, 0.3) is 0 Å². The number of aliphatic hydroxyl groups is 1. The van der Waals surface area contributed by atoms with Gasteiger partial charge in [-0.2, -0.15) is 0 Å². The first-order valence-corrected chi connectivity index (χ1v) is 39.6. The summed E-state index contributed by atoms with van der Waals surface area (Å²) in [6.45, 7) is 7.22. The van der Waals surface area contributed by atoms with E-state index in [4.69, 9.17) is 37.0 Å². The molecule has 0 heterocycles. The summed E-state index contributed by atoms with van der Waals surface area (Å²) in [5.74, 6) is -1.34. The van der Waals surface area contributed by atoms with Crippen molar-refractivity contribution in [2.24, 2.45) is 5.92 Å². The number of carbonyl (C=O) groups is 4. The number of hydrogen-bond acceptors (Lipinski definition) is 15. The average molecular weight is 1310 g/mol. The number of unbranched alkanes of at least 4 members (excludes halogenated alkanes) is 42. The molecule has 0 radical (unpaired) electrons. The highest BCUT2D eigenvalue weighted by Gasteiger charge is 2.30. The predicted molar refractivity (Wildman–Crippen MR) is 358 cm³/mol. The van der Waals surface area contributed by atoms with E-state index in [1.54, 1.807) is 0 Å². The van der Waals surface area contributed by atoms with Gasteiger partial charge in [0.05, 0.1) is 26.4 Å². The van der Waals surface area contributed by atoms with Crippen molar-refractivity contribution < 1.29 is 80.2 Å². The van der Waals surface area contributed by atoms with Crippen LogP contribution in [-0.2, 0) is 65.4 Å². The minimum absolute atomic E-state index is 0.107. The summed E-state index contributed by atoms with van der Waals surface area (Å²) < 4.78 is 68.2. The third-order valence-corrected chi connectivity index (χ3v) is 18.2. The highest BCUT2D eigenvalue weighted by atomic mass is 31.2. The Kier molecular flexibility index (Phi) is 62.1. The molecule has 5 atom stereocenters. The van der Waals surface area contributed by atoms with Gasteiger partial charge in [0.2, 0.25) is 0 Å². The predicted octanol–water partition coefficient (Wildman–Crippen LogP) is 20.1. The Hall–Kier alpha value is -1.94. The minimum Gasteiger partial charge on any atom is -0.462 e. The average Bonchev–Trinajstić information content (AvgIpc) is 3.72. The molecule has 0 saturated carbocycles. The van der Waals surface area contributed by atoms with Crippen LogP contribution >= 0.6 is 15.6 Å². The molecule has 3 N–H and O–H groups in total. The van der Waals surface area contributed by atoms with Crippen LogP contribution in [0.5, 0.6) is 0 Å². The molecule has 19 heteroatoms. The number of phosphoric ester groups is 2. The van der Waals surface area contributed by atoms with E-state index in [0.717, 1.165) is 109 Å². The zero-order valence-corrected chi connectivity index (χ0v) is 59.4. The molecule has 528 valence electrons. The lowest BCUT2D eigenvalue weighted by atomic mass is 10.0. The maximum atomic E-state index is 13.0. The zero-order chi connectivity index (χ0) is 65.6. The van der Waals surface area contributed by atoms with Crippen LogP contribution in [0.2, 0.25) is 0 Å². The molecule has 0 rings (SSSR count). The Balaban J connectivity index is 5.20. The second-order valence-corrected chi connectivity index (χ2v) is 28.7. The van der Waals surface area contributed by atoms with Crippen molar-refractivity contribution in [1.82, 2.24) is 0 Å². The number of rotatable bonds is 70. The van der Waals surface area contributed by atoms with Gasteiger partial charge >= 0.3 is 39.5 Å². The highest BCUT2D eigenvalue weighted by molar-refractivity contribution is 7.47. The Morgan fingerprint density at radius 2 is 0.517 bits per heavy atom. The lowest BCUT2D eigenvalue weighted by molar-refractivity contribution is -0.161. The molecule has 0 aromatic carbocycles. The van der Waals surface area contributed by atoms with Crippen molar-refractivity contribution in [2.45, 2.75) is 380 Å². The van der Waals surface area contributed by atoms with E-state index in [1.807, 2.05) is 0 Å². The molecular weight excluding hydrogens is 1170 g/mol. The Labute approximate surface area is 543 Å². The number of hydrogen-bond donors (Lipinski definition) is 3. The van der Waals surface area contributed by atoms with Crippen molar-refractivity contribution in [3.8, 4) is 0 Å². The fraction of sp³-hybridized carbons (Fsp3) is 0.943. The molecule has 0 fully saturated rings. The fourth-order valence-electron chi connectivity index (χ4n) is 10.6. The molecular formula is C70H136O17P2. The second kappa shape index (κ2) is 63.5.